The fourth-order valence-electron chi connectivity index (χ4n) is 1.74. The Kier molecular flexibility index (Phi) is 2.99. The molecule has 1 aliphatic heterocycles. The van der Waals surface area contributed by atoms with Gasteiger partial charge in [-0.05, 0) is 18.1 Å². The fourth-order valence-corrected chi connectivity index (χ4v) is 3.12. The first-order valence-corrected chi connectivity index (χ1v) is 5.11. The van der Waals surface area contributed by atoms with Crippen LogP contribution in [0.25, 0.3) is 0 Å². The molecule has 0 amide bonds. The third kappa shape index (κ3) is 1.91. The number of nitrogens with two attached hydrogens (primary N) is 1. The monoisotopic (exact) mass is 195 g/mol. The molecule has 0 bridgehead atoms. The van der Waals surface area contributed by atoms with Crippen LogP contribution in [0.15, 0.2) is 0 Å². The van der Waals surface area contributed by atoms with Gasteiger partial charge in [0.1, 0.15) is 0 Å². The van der Waals surface area contributed by atoms with Crippen molar-refractivity contribution in [1.29, 1.82) is 0 Å². The minimum atomic E-state index is -2.38. The molecule has 0 saturated carbocycles. The average molecular weight is 195 g/mol. The fraction of sp³-hybridized carbons (Fsp3) is 1.00. The van der Waals surface area contributed by atoms with Crippen LogP contribution in [-0.4, -0.2) is 23.0 Å². The molecule has 1 fully saturated rings. The topological polar surface area (TPSA) is 26.0 Å². The Morgan fingerprint density at radius 3 is 2.42 bits per heavy atom. The van der Waals surface area contributed by atoms with Crippen LogP contribution in [0.3, 0.4) is 0 Å². The molecule has 0 aliphatic carbocycles. The smallest absolute Gasteiger partial charge is 0.253 e. The molecule has 2 atom stereocenters. The van der Waals surface area contributed by atoms with Gasteiger partial charge in [0.15, 0.2) is 0 Å². The zero-order chi connectivity index (χ0) is 9.35. The zero-order valence-corrected chi connectivity index (χ0v) is 8.20. The lowest BCUT2D eigenvalue weighted by atomic mass is 9.86. The van der Waals surface area contributed by atoms with Crippen LogP contribution in [0, 0.1) is 5.92 Å². The number of alkyl halides is 2. The first-order valence-electron chi connectivity index (χ1n) is 4.13. The van der Waals surface area contributed by atoms with Crippen LogP contribution in [0.5, 0.6) is 0 Å². The minimum absolute atomic E-state index is 0.0394. The summed E-state index contributed by atoms with van der Waals surface area (Å²) in [7, 11) is 0. The molecule has 1 heterocycles. The molecule has 0 aromatic carbocycles. The summed E-state index contributed by atoms with van der Waals surface area (Å²) < 4.78 is 24.5. The molecule has 0 aromatic rings. The molecular formula is C8H15F2NS. The second kappa shape index (κ2) is 3.50. The van der Waals surface area contributed by atoms with E-state index < -0.39 is 12.5 Å². The second-order valence-electron chi connectivity index (χ2n) is 3.76. The quantitative estimate of drug-likeness (QED) is 0.730. The van der Waals surface area contributed by atoms with E-state index in [0.717, 1.165) is 12.2 Å². The van der Waals surface area contributed by atoms with Crippen molar-refractivity contribution in [2.24, 2.45) is 11.7 Å². The first kappa shape index (κ1) is 10.3. The van der Waals surface area contributed by atoms with Gasteiger partial charge in [0.2, 0.25) is 0 Å². The van der Waals surface area contributed by atoms with Gasteiger partial charge >= 0.3 is 0 Å². The van der Waals surface area contributed by atoms with Gasteiger partial charge in [-0.3, -0.25) is 0 Å². The summed E-state index contributed by atoms with van der Waals surface area (Å²) in [4.78, 5) is 0. The molecular weight excluding hydrogens is 180 g/mol. The van der Waals surface area contributed by atoms with Crippen LogP contribution in [0.1, 0.15) is 20.3 Å². The van der Waals surface area contributed by atoms with E-state index in [1.165, 1.54) is 0 Å². The van der Waals surface area contributed by atoms with Gasteiger partial charge in [-0.2, -0.15) is 11.8 Å². The van der Waals surface area contributed by atoms with Crippen molar-refractivity contribution in [3.8, 4) is 0 Å². The van der Waals surface area contributed by atoms with Crippen LogP contribution >= 0.6 is 11.8 Å². The van der Waals surface area contributed by atoms with Crippen molar-refractivity contribution in [2.75, 3.05) is 5.75 Å². The van der Waals surface area contributed by atoms with E-state index in [0.29, 0.717) is 0 Å². The molecule has 2 N–H and O–H groups in total. The highest BCUT2D eigenvalue weighted by Crippen LogP contribution is 2.44. The lowest BCUT2D eigenvalue weighted by molar-refractivity contribution is 0.0816. The van der Waals surface area contributed by atoms with E-state index in [9.17, 15) is 8.78 Å². The molecule has 0 aromatic heterocycles. The number of hydrogen-bond donors (Lipinski definition) is 1. The lowest BCUT2D eigenvalue weighted by Gasteiger charge is -2.30. The van der Waals surface area contributed by atoms with Crippen LogP contribution in [0.2, 0.25) is 0 Å². The van der Waals surface area contributed by atoms with Gasteiger partial charge in [0.05, 0.1) is 6.04 Å². The molecule has 4 heteroatoms. The van der Waals surface area contributed by atoms with E-state index >= 15 is 0 Å². The highest BCUT2D eigenvalue weighted by atomic mass is 32.2. The Morgan fingerprint density at radius 2 is 2.08 bits per heavy atom. The number of rotatable bonds is 2. The molecule has 2 unspecified atom stereocenters. The van der Waals surface area contributed by atoms with Gasteiger partial charge < -0.3 is 5.73 Å². The molecule has 0 spiro atoms. The SMILES string of the molecule is CC1(C)SCCC1C(N)C(F)F. The number of halogens is 2. The lowest BCUT2D eigenvalue weighted by Crippen LogP contribution is -2.43. The predicted molar refractivity (Wildman–Crippen MR) is 48.6 cm³/mol. The number of hydrogen-bond acceptors (Lipinski definition) is 2. The third-order valence-electron chi connectivity index (χ3n) is 2.55. The Morgan fingerprint density at radius 1 is 1.50 bits per heavy atom. The highest BCUT2D eigenvalue weighted by molar-refractivity contribution is 8.00. The summed E-state index contributed by atoms with van der Waals surface area (Å²) in [5, 5.41) is 0. The molecule has 1 rings (SSSR count). The van der Waals surface area contributed by atoms with Crippen molar-refractivity contribution >= 4 is 11.8 Å². The van der Waals surface area contributed by atoms with Gasteiger partial charge in [0.25, 0.3) is 6.43 Å². The molecule has 0 radical (unpaired) electrons. The number of thioether (sulfide) groups is 1. The van der Waals surface area contributed by atoms with Crippen molar-refractivity contribution in [1.82, 2.24) is 0 Å². The predicted octanol–water partition coefficient (Wildman–Crippen LogP) is 2.11. The Labute approximate surface area is 76.1 Å². The maximum Gasteiger partial charge on any atom is 0.253 e. The second-order valence-corrected chi connectivity index (χ2v) is 5.51. The summed E-state index contributed by atoms with van der Waals surface area (Å²) >= 11 is 1.74. The molecule has 12 heavy (non-hydrogen) atoms. The zero-order valence-electron chi connectivity index (χ0n) is 7.39. The van der Waals surface area contributed by atoms with Crippen LogP contribution < -0.4 is 5.73 Å². The van der Waals surface area contributed by atoms with E-state index in [-0.39, 0.29) is 10.7 Å². The summed E-state index contributed by atoms with van der Waals surface area (Å²) in [5.41, 5.74) is 5.43. The largest absolute Gasteiger partial charge is 0.323 e. The Balaban J connectivity index is 2.62. The average Bonchev–Trinajstić information content (AvgIpc) is 2.27. The van der Waals surface area contributed by atoms with Crippen LogP contribution in [-0.2, 0) is 0 Å². The van der Waals surface area contributed by atoms with Crippen molar-refractivity contribution in [3.63, 3.8) is 0 Å². The summed E-state index contributed by atoms with van der Waals surface area (Å²) in [6, 6.07) is -0.949. The Hall–Kier alpha value is 0.170. The van der Waals surface area contributed by atoms with E-state index in [1.807, 2.05) is 13.8 Å². The summed E-state index contributed by atoms with van der Waals surface area (Å²) in [5.74, 6) is 0.917. The van der Waals surface area contributed by atoms with E-state index in [1.54, 1.807) is 11.8 Å². The normalized spacial score (nSPS) is 31.0. The van der Waals surface area contributed by atoms with Gasteiger partial charge in [0, 0.05) is 4.75 Å². The minimum Gasteiger partial charge on any atom is -0.323 e. The third-order valence-corrected chi connectivity index (χ3v) is 4.04. The van der Waals surface area contributed by atoms with Crippen molar-refractivity contribution in [3.05, 3.63) is 0 Å². The first-order chi connectivity index (χ1) is 5.45. The maximum absolute atomic E-state index is 12.3. The molecule has 72 valence electrons. The van der Waals surface area contributed by atoms with Crippen molar-refractivity contribution in [2.45, 2.75) is 37.5 Å². The highest BCUT2D eigenvalue weighted by Gasteiger charge is 2.41. The van der Waals surface area contributed by atoms with Gasteiger partial charge in [-0.1, -0.05) is 13.8 Å². The summed E-state index contributed by atoms with van der Waals surface area (Å²) in [6.45, 7) is 4.00. The molecule has 1 saturated heterocycles. The van der Waals surface area contributed by atoms with Gasteiger partial charge in [-0.15, -0.1) is 0 Å². The molecule has 1 aliphatic rings. The summed E-state index contributed by atoms with van der Waals surface area (Å²) in [6.07, 6.45) is -1.56. The van der Waals surface area contributed by atoms with Crippen molar-refractivity contribution < 1.29 is 8.78 Å². The van der Waals surface area contributed by atoms with E-state index in [4.69, 9.17) is 5.73 Å². The van der Waals surface area contributed by atoms with E-state index in [2.05, 4.69) is 0 Å². The van der Waals surface area contributed by atoms with Gasteiger partial charge in [-0.25, -0.2) is 8.78 Å². The van der Waals surface area contributed by atoms with Crippen LogP contribution in [0.4, 0.5) is 8.78 Å². The maximum atomic E-state index is 12.3. The molecule has 1 nitrogen and oxygen atoms in total. The standard InChI is InChI=1S/C8H15F2NS/c1-8(2)5(3-4-12-8)6(11)7(9)10/h5-7H,3-4,11H2,1-2H3. The Bertz CT molecular complexity index is 161.